The molecule has 0 aliphatic rings. The molecule has 2 amide bonds. The second kappa shape index (κ2) is 8.55. The third kappa shape index (κ3) is 4.52. The van der Waals surface area contributed by atoms with Crippen LogP contribution in [0.4, 0.5) is 5.13 Å². The molecule has 0 spiro atoms. The number of para-hydroxylation sites is 1. The standard InChI is InChI=1S/C22H19N3O2S2/c1-14-7-5-10-17-19(14)24-22(29-17)25-20(26)16(13-15-8-3-2-4-9-15)23-21(27)18-11-6-12-28-18/h2-12,16H,13H2,1H3,(H,23,27)(H,24,25,26)/t16-/m0/s1. The van der Waals surface area contributed by atoms with Crippen molar-refractivity contribution < 1.29 is 9.59 Å². The number of nitrogens with one attached hydrogen (secondary N) is 2. The van der Waals surface area contributed by atoms with Crippen LogP contribution in [-0.2, 0) is 11.2 Å². The number of anilines is 1. The first-order valence-electron chi connectivity index (χ1n) is 9.15. The number of hydrogen-bond donors (Lipinski definition) is 2. The Balaban J connectivity index is 1.55. The van der Waals surface area contributed by atoms with E-state index < -0.39 is 6.04 Å². The molecule has 0 unspecified atom stereocenters. The lowest BCUT2D eigenvalue weighted by Crippen LogP contribution is -2.45. The molecule has 4 rings (SSSR count). The van der Waals surface area contributed by atoms with E-state index in [0.717, 1.165) is 21.3 Å². The van der Waals surface area contributed by atoms with Gasteiger partial charge in [-0.3, -0.25) is 9.59 Å². The molecule has 0 saturated heterocycles. The zero-order valence-electron chi connectivity index (χ0n) is 15.7. The molecule has 2 heterocycles. The van der Waals surface area contributed by atoms with Gasteiger partial charge in [0.15, 0.2) is 5.13 Å². The summed E-state index contributed by atoms with van der Waals surface area (Å²) in [6, 6.07) is 18.4. The van der Waals surface area contributed by atoms with Gasteiger partial charge in [-0.05, 0) is 35.6 Å². The van der Waals surface area contributed by atoms with Gasteiger partial charge in [-0.1, -0.05) is 59.9 Å². The van der Waals surface area contributed by atoms with E-state index in [4.69, 9.17) is 0 Å². The quantitative estimate of drug-likeness (QED) is 0.476. The number of hydrogen-bond acceptors (Lipinski definition) is 5. The average Bonchev–Trinajstić information content (AvgIpc) is 3.38. The minimum absolute atomic E-state index is 0.253. The topological polar surface area (TPSA) is 71.1 Å². The molecule has 0 fully saturated rings. The summed E-state index contributed by atoms with van der Waals surface area (Å²) < 4.78 is 1.02. The van der Waals surface area contributed by atoms with Crippen molar-refractivity contribution in [2.24, 2.45) is 0 Å². The van der Waals surface area contributed by atoms with E-state index in [1.165, 1.54) is 22.7 Å². The van der Waals surface area contributed by atoms with Crippen molar-refractivity contribution in [3.63, 3.8) is 0 Å². The number of thiophene rings is 1. The third-order valence-corrected chi connectivity index (χ3v) is 6.30. The van der Waals surface area contributed by atoms with Gasteiger partial charge in [0.2, 0.25) is 5.91 Å². The van der Waals surface area contributed by atoms with Crippen molar-refractivity contribution >= 4 is 49.8 Å². The summed E-state index contributed by atoms with van der Waals surface area (Å²) in [5.74, 6) is -0.535. The Bertz CT molecular complexity index is 1140. The maximum atomic E-state index is 13.0. The van der Waals surface area contributed by atoms with E-state index >= 15 is 0 Å². The Morgan fingerprint density at radius 3 is 2.59 bits per heavy atom. The lowest BCUT2D eigenvalue weighted by atomic mass is 10.1. The number of fused-ring (bicyclic) bond motifs is 1. The van der Waals surface area contributed by atoms with Crippen LogP contribution in [0.3, 0.4) is 0 Å². The second-order valence-corrected chi connectivity index (χ2v) is 8.60. The number of carbonyl (C=O) groups is 2. The number of nitrogens with zero attached hydrogens (tertiary/aromatic N) is 1. The van der Waals surface area contributed by atoms with Crippen LogP contribution in [-0.4, -0.2) is 22.8 Å². The molecule has 0 aliphatic heterocycles. The monoisotopic (exact) mass is 421 g/mol. The molecule has 0 saturated carbocycles. The molecule has 7 heteroatoms. The van der Waals surface area contributed by atoms with Gasteiger partial charge in [-0.2, -0.15) is 0 Å². The first-order chi connectivity index (χ1) is 14.1. The van der Waals surface area contributed by atoms with Crippen molar-refractivity contribution in [1.29, 1.82) is 0 Å². The number of rotatable bonds is 6. The van der Waals surface area contributed by atoms with Gasteiger partial charge in [0.1, 0.15) is 6.04 Å². The molecule has 4 aromatic rings. The SMILES string of the molecule is Cc1cccc2sc(NC(=O)[C@H](Cc3ccccc3)NC(=O)c3cccs3)nc12. The molecule has 1 atom stereocenters. The van der Waals surface area contributed by atoms with E-state index in [2.05, 4.69) is 15.6 Å². The first-order valence-corrected chi connectivity index (χ1v) is 10.8. The summed E-state index contributed by atoms with van der Waals surface area (Å²) in [5, 5.41) is 8.12. The minimum Gasteiger partial charge on any atom is -0.339 e. The van der Waals surface area contributed by atoms with Gasteiger partial charge in [0.25, 0.3) is 5.91 Å². The van der Waals surface area contributed by atoms with Gasteiger partial charge < -0.3 is 10.6 Å². The highest BCUT2D eigenvalue weighted by atomic mass is 32.1. The van der Waals surface area contributed by atoms with E-state index in [1.54, 1.807) is 6.07 Å². The van der Waals surface area contributed by atoms with Crippen LogP contribution >= 0.6 is 22.7 Å². The van der Waals surface area contributed by atoms with Crippen molar-refractivity contribution in [2.45, 2.75) is 19.4 Å². The van der Waals surface area contributed by atoms with Gasteiger partial charge in [0.05, 0.1) is 15.1 Å². The van der Waals surface area contributed by atoms with E-state index in [1.807, 2.05) is 66.9 Å². The van der Waals surface area contributed by atoms with Gasteiger partial charge in [0, 0.05) is 6.42 Å². The largest absolute Gasteiger partial charge is 0.339 e. The summed E-state index contributed by atoms with van der Waals surface area (Å²) in [5.41, 5.74) is 2.92. The van der Waals surface area contributed by atoms with Crippen molar-refractivity contribution in [3.8, 4) is 0 Å². The maximum absolute atomic E-state index is 13.0. The number of aromatic nitrogens is 1. The van der Waals surface area contributed by atoms with E-state index in [0.29, 0.717) is 16.4 Å². The molecular weight excluding hydrogens is 402 g/mol. The van der Waals surface area contributed by atoms with E-state index in [-0.39, 0.29) is 11.8 Å². The normalized spacial score (nSPS) is 11.9. The highest BCUT2D eigenvalue weighted by Gasteiger charge is 2.23. The zero-order chi connectivity index (χ0) is 20.2. The number of thiazole rings is 1. The third-order valence-electron chi connectivity index (χ3n) is 4.50. The predicted octanol–water partition coefficient (Wildman–Crippen LogP) is 4.65. The fourth-order valence-corrected chi connectivity index (χ4v) is 4.60. The smallest absolute Gasteiger partial charge is 0.262 e. The molecule has 0 bridgehead atoms. The van der Waals surface area contributed by atoms with Crippen LogP contribution in [0, 0.1) is 6.92 Å². The minimum atomic E-state index is -0.708. The lowest BCUT2D eigenvalue weighted by molar-refractivity contribution is -0.118. The molecule has 2 N–H and O–H groups in total. The average molecular weight is 422 g/mol. The summed E-state index contributed by atoms with van der Waals surface area (Å²) in [6.07, 6.45) is 0.397. The highest BCUT2D eigenvalue weighted by molar-refractivity contribution is 7.22. The maximum Gasteiger partial charge on any atom is 0.262 e. The second-order valence-electron chi connectivity index (χ2n) is 6.62. The molecule has 5 nitrogen and oxygen atoms in total. The van der Waals surface area contributed by atoms with Gasteiger partial charge >= 0.3 is 0 Å². The number of carbonyl (C=O) groups excluding carboxylic acids is 2. The molecular formula is C22H19N3O2S2. The molecule has 2 aromatic carbocycles. The van der Waals surface area contributed by atoms with Crippen LogP contribution in [0.25, 0.3) is 10.2 Å². The molecule has 29 heavy (non-hydrogen) atoms. The Hall–Kier alpha value is -3.03. The summed E-state index contributed by atoms with van der Waals surface area (Å²) >= 11 is 2.77. The molecule has 0 radical (unpaired) electrons. The lowest BCUT2D eigenvalue weighted by Gasteiger charge is -2.17. The Labute approximate surface area is 176 Å². The molecule has 146 valence electrons. The van der Waals surface area contributed by atoms with Gasteiger partial charge in [-0.15, -0.1) is 11.3 Å². The Morgan fingerprint density at radius 2 is 1.86 bits per heavy atom. The fourth-order valence-electron chi connectivity index (χ4n) is 3.03. The van der Waals surface area contributed by atoms with Crippen LogP contribution in [0.15, 0.2) is 66.0 Å². The number of benzene rings is 2. The van der Waals surface area contributed by atoms with Crippen molar-refractivity contribution in [3.05, 3.63) is 82.0 Å². The fraction of sp³-hybridized carbons (Fsp3) is 0.136. The van der Waals surface area contributed by atoms with Crippen molar-refractivity contribution in [1.82, 2.24) is 10.3 Å². The Morgan fingerprint density at radius 1 is 1.03 bits per heavy atom. The molecule has 0 aliphatic carbocycles. The van der Waals surface area contributed by atoms with Crippen molar-refractivity contribution in [2.75, 3.05) is 5.32 Å². The summed E-state index contributed by atoms with van der Waals surface area (Å²) in [7, 11) is 0. The number of amides is 2. The highest BCUT2D eigenvalue weighted by Crippen LogP contribution is 2.28. The number of aryl methyl sites for hydroxylation is 1. The van der Waals surface area contributed by atoms with Crippen LogP contribution in [0.2, 0.25) is 0 Å². The zero-order valence-corrected chi connectivity index (χ0v) is 17.3. The van der Waals surface area contributed by atoms with Gasteiger partial charge in [-0.25, -0.2) is 4.98 Å². The van der Waals surface area contributed by atoms with Crippen LogP contribution < -0.4 is 10.6 Å². The van der Waals surface area contributed by atoms with Crippen LogP contribution in [0.1, 0.15) is 20.8 Å². The molecule has 2 aromatic heterocycles. The summed E-state index contributed by atoms with van der Waals surface area (Å²) in [4.78, 5) is 30.7. The predicted molar refractivity (Wildman–Crippen MR) is 119 cm³/mol. The van der Waals surface area contributed by atoms with E-state index in [9.17, 15) is 9.59 Å². The Kier molecular flexibility index (Phi) is 5.69. The van der Waals surface area contributed by atoms with Crippen LogP contribution in [0.5, 0.6) is 0 Å². The summed E-state index contributed by atoms with van der Waals surface area (Å²) in [6.45, 7) is 1.99. The first kappa shape index (κ1) is 19.3.